The summed E-state index contributed by atoms with van der Waals surface area (Å²) in [7, 11) is 0. The van der Waals surface area contributed by atoms with Crippen LogP contribution < -0.4 is 21.9 Å². The number of nitrogens with two attached hydrogens (primary N) is 1. The Morgan fingerprint density at radius 3 is 2.45 bits per heavy atom. The first kappa shape index (κ1) is 22.8. The van der Waals surface area contributed by atoms with Gasteiger partial charge in [0.15, 0.2) is 5.69 Å². The molecule has 8 heteroatoms. The number of likely N-dealkylation sites (tertiary alicyclic amines) is 1. The Bertz CT molecular complexity index is 1040. The van der Waals surface area contributed by atoms with Crippen LogP contribution in [0.4, 0.5) is 11.5 Å². The van der Waals surface area contributed by atoms with Crippen molar-refractivity contribution in [2.75, 3.05) is 30.3 Å². The summed E-state index contributed by atoms with van der Waals surface area (Å²) >= 11 is 0. The molecule has 1 aromatic heterocycles. The van der Waals surface area contributed by atoms with Crippen molar-refractivity contribution < 1.29 is 4.79 Å². The molecule has 1 aliphatic rings. The van der Waals surface area contributed by atoms with Gasteiger partial charge >= 0.3 is 5.69 Å². The smallest absolute Gasteiger partial charge is 0.330 e. The van der Waals surface area contributed by atoms with Crippen molar-refractivity contribution in [3.63, 3.8) is 0 Å². The van der Waals surface area contributed by atoms with Crippen molar-refractivity contribution in [2.45, 2.75) is 52.6 Å². The minimum absolute atomic E-state index is 0.0116. The molecule has 1 aromatic carbocycles. The second kappa shape index (κ2) is 9.09. The number of H-pyrrole nitrogens is 1. The van der Waals surface area contributed by atoms with E-state index in [1.165, 1.54) is 9.47 Å². The maximum atomic E-state index is 13.3. The highest BCUT2D eigenvalue weighted by Gasteiger charge is 2.38. The van der Waals surface area contributed by atoms with Gasteiger partial charge in [-0.05, 0) is 38.2 Å². The lowest BCUT2D eigenvalue weighted by Gasteiger charge is -2.48. The van der Waals surface area contributed by atoms with Crippen molar-refractivity contribution >= 4 is 17.4 Å². The van der Waals surface area contributed by atoms with E-state index in [1.807, 2.05) is 30.3 Å². The minimum Gasteiger partial charge on any atom is -0.383 e. The number of carbonyl (C=O) groups is 1. The largest absolute Gasteiger partial charge is 0.383 e. The molecule has 1 fully saturated rings. The molecule has 168 valence electrons. The third-order valence-corrected chi connectivity index (χ3v) is 6.07. The fourth-order valence-electron chi connectivity index (χ4n) is 3.77. The molecule has 0 saturated carbocycles. The molecule has 2 heterocycles. The summed E-state index contributed by atoms with van der Waals surface area (Å²) in [5, 5.41) is 0. The van der Waals surface area contributed by atoms with Gasteiger partial charge in [0.05, 0.1) is 13.1 Å². The molecule has 0 unspecified atom stereocenters. The van der Waals surface area contributed by atoms with E-state index in [1.54, 1.807) is 0 Å². The Labute approximate surface area is 182 Å². The van der Waals surface area contributed by atoms with Crippen LogP contribution in [0.15, 0.2) is 39.9 Å². The first-order chi connectivity index (χ1) is 14.6. The summed E-state index contributed by atoms with van der Waals surface area (Å²) in [6.07, 6.45) is 1.74. The van der Waals surface area contributed by atoms with Crippen LogP contribution in [0, 0.1) is 5.92 Å². The van der Waals surface area contributed by atoms with Gasteiger partial charge in [0.25, 0.3) is 5.56 Å². The lowest BCUT2D eigenvalue weighted by atomic mass is 9.89. The Hall–Kier alpha value is -2.87. The third kappa shape index (κ3) is 5.07. The van der Waals surface area contributed by atoms with Crippen LogP contribution in [-0.4, -0.2) is 45.5 Å². The Balaban J connectivity index is 1.99. The molecule has 0 bridgehead atoms. The molecular weight excluding hydrogens is 394 g/mol. The van der Waals surface area contributed by atoms with Crippen LogP contribution in [0.5, 0.6) is 0 Å². The average molecular weight is 428 g/mol. The highest BCUT2D eigenvalue weighted by atomic mass is 16.2. The molecule has 8 nitrogen and oxygen atoms in total. The molecule has 0 atom stereocenters. The number of nitrogens with zero attached hydrogens (tertiary/aromatic N) is 3. The predicted octanol–water partition coefficient (Wildman–Crippen LogP) is 2.03. The van der Waals surface area contributed by atoms with Crippen LogP contribution in [0.1, 0.15) is 46.1 Å². The molecule has 0 aliphatic carbocycles. The van der Waals surface area contributed by atoms with Gasteiger partial charge in [0, 0.05) is 18.6 Å². The standard InChI is InChI=1S/C23H33N5O3/c1-16(2)10-12-27(18(29)15-26-13-11-23(26,3)4)19-20(24)28(22(31)25-21(19)30)14-17-8-6-5-7-9-17/h5-9,16H,10-15,24H2,1-4H3,(H,25,30,31). The second-order valence-corrected chi connectivity index (χ2v) is 9.28. The zero-order valence-corrected chi connectivity index (χ0v) is 18.9. The Morgan fingerprint density at radius 2 is 1.90 bits per heavy atom. The maximum Gasteiger partial charge on any atom is 0.330 e. The number of aromatic nitrogens is 2. The lowest BCUT2D eigenvalue weighted by Crippen LogP contribution is -2.59. The molecule has 1 aliphatic heterocycles. The molecule has 1 saturated heterocycles. The number of benzene rings is 1. The summed E-state index contributed by atoms with van der Waals surface area (Å²) in [6, 6.07) is 9.39. The van der Waals surface area contributed by atoms with E-state index >= 15 is 0 Å². The highest BCUT2D eigenvalue weighted by Crippen LogP contribution is 2.29. The van der Waals surface area contributed by atoms with E-state index in [9.17, 15) is 14.4 Å². The van der Waals surface area contributed by atoms with E-state index in [0.29, 0.717) is 18.9 Å². The number of nitrogens with one attached hydrogen (secondary N) is 1. The lowest BCUT2D eigenvalue weighted by molar-refractivity contribution is -0.123. The van der Waals surface area contributed by atoms with Gasteiger partial charge in [0.2, 0.25) is 5.91 Å². The number of hydrogen-bond donors (Lipinski definition) is 2. The highest BCUT2D eigenvalue weighted by molar-refractivity contribution is 5.97. The van der Waals surface area contributed by atoms with E-state index in [2.05, 4.69) is 37.6 Å². The van der Waals surface area contributed by atoms with Gasteiger partial charge in [-0.25, -0.2) is 4.79 Å². The zero-order chi connectivity index (χ0) is 22.8. The molecule has 3 rings (SSSR count). The molecular formula is C23H33N5O3. The number of carbonyl (C=O) groups excluding carboxylic acids is 1. The van der Waals surface area contributed by atoms with Gasteiger partial charge in [-0.1, -0.05) is 44.2 Å². The topological polar surface area (TPSA) is 104 Å². The van der Waals surface area contributed by atoms with Crippen molar-refractivity contribution in [1.29, 1.82) is 0 Å². The monoisotopic (exact) mass is 427 g/mol. The first-order valence-electron chi connectivity index (χ1n) is 10.8. The average Bonchev–Trinajstić information content (AvgIpc) is 2.71. The van der Waals surface area contributed by atoms with Crippen LogP contribution in [0.2, 0.25) is 0 Å². The van der Waals surface area contributed by atoms with Crippen molar-refractivity contribution in [1.82, 2.24) is 14.5 Å². The van der Waals surface area contributed by atoms with Gasteiger partial charge in [0.1, 0.15) is 5.82 Å². The summed E-state index contributed by atoms with van der Waals surface area (Å²) in [5.74, 6) is 0.166. The summed E-state index contributed by atoms with van der Waals surface area (Å²) in [5.41, 5.74) is 6.01. The van der Waals surface area contributed by atoms with Gasteiger partial charge in [-0.2, -0.15) is 0 Å². The Morgan fingerprint density at radius 1 is 1.23 bits per heavy atom. The van der Waals surface area contributed by atoms with Crippen LogP contribution in [-0.2, 0) is 11.3 Å². The van der Waals surface area contributed by atoms with E-state index in [0.717, 1.165) is 18.5 Å². The fraction of sp³-hybridized carbons (Fsp3) is 0.522. The predicted molar refractivity (Wildman–Crippen MR) is 123 cm³/mol. The van der Waals surface area contributed by atoms with Crippen LogP contribution in [0.3, 0.4) is 0 Å². The van der Waals surface area contributed by atoms with Gasteiger partial charge < -0.3 is 10.6 Å². The van der Waals surface area contributed by atoms with Crippen LogP contribution >= 0.6 is 0 Å². The van der Waals surface area contributed by atoms with E-state index in [-0.39, 0.29) is 36.0 Å². The number of hydrogen-bond acceptors (Lipinski definition) is 5. The van der Waals surface area contributed by atoms with Gasteiger partial charge in [-0.15, -0.1) is 0 Å². The number of anilines is 2. The Kier molecular flexibility index (Phi) is 6.69. The quantitative estimate of drug-likeness (QED) is 0.671. The number of rotatable bonds is 8. The molecule has 3 N–H and O–H groups in total. The normalized spacial score (nSPS) is 15.6. The first-order valence-corrected chi connectivity index (χ1v) is 10.8. The van der Waals surface area contributed by atoms with E-state index in [4.69, 9.17) is 5.73 Å². The van der Waals surface area contributed by atoms with Crippen molar-refractivity contribution in [3.8, 4) is 0 Å². The summed E-state index contributed by atoms with van der Waals surface area (Å²) in [6.45, 7) is 9.95. The van der Waals surface area contributed by atoms with Crippen molar-refractivity contribution in [3.05, 3.63) is 56.7 Å². The molecule has 0 spiro atoms. The zero-order valence-electron chi connectivity index (χ0n) is 18.9. The number of aromatic amines is 1. The maximum absolute atomic E-state index is 13.3. The third-order valence-electron chi connectivity index (χ3n) is 6.07. The van der Waals surface area contributed by atoms with Crippen LogP contribution in [0.25, 0.3) is 0 Å². The number of nitrogen functional groups attached to an aromatic ring is 1. The molecule has 31 heavy (non-hydrogen) atoms. The van der Waals surface area contributed by atoms with Crippen molar-refractivity contribution in [2.24, 2.45) is 5.92 Å². The second-order valence-electron chi connectivity index (χ2n) is 9.28. The summed E-state index contributed by atoms with van der Waals surface area (Å²) < 4.78 is 1.31. The minimum atomic E-state index is -0.633. The van der Waals surface area contributed by atoms with Gasteiger partial charge in [-0.3, -0.25) is 24.0 Å². The molecule has 1 amide bonds. The fourth-order valence-corrected chi connectivity index (χ4v) is 3.77. The summed E-state index contributed by atoms with van der Waals surface area (Å²) in [4.78, 5) is 44.5. The molecule has 0 radical (unpaired) electrons. The number of amides is 1. The molecule has 2 aromatic rings. The SMILES string of the molecule is CC(C)CCN(C(=O)CN1CCC1(C)C)c1c(N)n(Cc2ccccc2)c(=O)[nH]c1=O. The van der Waals surface area contributed by atoms with E-state index < -0.39 is 11.2 Å².